The van der Waals surface area contributed by atoms with E-state index in [0.717, 1.165) is 33.5 Å². The van der Waals surface area contributed by atoms with Gasteiger partial charge in [0.1, 0.15) is 12.2 Å². The van der Waals surface area contributed by atoms with Crippen molar-refractivity contribution in [3.8, 4) is 5.69 Å². The van der Waals surface area contributed by atoms with Crippen molar-refractivity contribution >= 4 is 22.9 Å². The quantitative estimate of drug-likeness (QED) is 0.546. The van der Waals surface area contributed by atoms with Crippen molar-refractivity contribution in [2.45, 2.75) is 54.0 Å². The number of nitrogens with zero attached hydrogens (tertiary/aromatic N) is 3. The van der Waals surface area contributed by atoms with Gasteiger partial charge in [0.05, 0.1) is 18.0 Å². The number of esters is 1. The summed E-state index contributed by atoms with van der Waals surface area (Å²) < 4.78 is 8.36. The molecule has 0 unspecified atom stereocenters. The van der Waals surface area contributed by atoms with Gasteiger partial charge in [-0.1, -0.05) is 12.1 Å². The molecule has 1 N–H and O–H groups in total. The van der Waals surface area contributed by atoms with Gasteiger partial charge in [-0.3, -0.25) is 19.0 Å². The first-order valence-corrected chi connectivity index (χ1v) is 10.9. The van der Waals surface area contributed by atoms with E-state index in [4.69, 9.17) is 9.84 Å². The van der Waals surface area contributed by atoms with E-state index < -0.39 is 5.97 Å². The number of hydrogen-bond donors (Lipinski definition) is 1. The minimum atomic E-state index is -0.481. The van der Waals surface area contributed by atoms with E-state index >= 15 is 0 Å². The lowest BCUT2D eigenvalue weighted by Crippen LogP contribution is -2.32. The van der Waals surface area contributed by atoms with Crippen LogP contribution in [0.4, 0.5) is 0 Å². The van der Waals surface area contributed by atoms with Crippen LogP contribution in [-0.4, -0.2) is 39.4 Å². The number of carbonyl (C=O) groups is 2. The molecule has 170 valence electrons. The SMILES string of the molecule is CCOC(=O)CNC(=O)CCc1c(C)c2c(C)nn(-c3cccc(C)c3)c2n(CC)c1=O. The van der Waals surface area contributed by atoms with Gasteiger partial charge in [0.2, 0.25) is 5.91 Å². The Morgan fingerprint density at radius 3 is 2.56 bits per heavy atom. The monoisotopic (exact) mass is 438 g/mol. The van der Waals surface area contributed by atoms with E-state index in [0.29, 0.717) is 12.1 Å². The number of amides is 1. The highest BCUT2D eigenvalue weighted by Gasteiger charge is 2.21. The summed E-state index contributed by atoms with van der Waals surface area (Å²) in [5.74, 6) is -0.779. The molecule has 0 saturated carbocycles. The average Bonchev–Trinajstić information content (AvgIpc) is 3.10. The molecule has 2 aromatic heterocycles. The second-order valence-corrected chi connectivity index (χ2v) is 7.77. The number of pyridine rings is 1. The molecular weight excluding hydrogens is 408 g/mol. The fraction of sp³-hybridized carbons (Fsp3) is 0.417. The minimum absolute atomic E-state index is 0.107. The Morgan fingerprint density at radius 2 is 1.91 bits per heavy atom. The van der Waals surface area contributed by atoms with E-state index in [-0.39, 0.29) is 37.5 Å². The largest absolute Gasteiger partial charge is 0.465 e. The Hall–Kier alpha value is -3.42. The van der Waals surface area contributed by atoms with Crippen LogP contribution in [0.15, 0.2) is 29.1 Å². The smallest absolute Gasteiger partial charge is 0.325 e. The third-order valence-corrected chi connectivity index (χ3v) is 5.52. The summed E-state index contributed by atoms with van der Waals surface area (Å²) in [7, 11) is 0. The summed E-state index contributed by atoms with van der Waals surface area (Å²) in [4.78, 5) is 37.0. The fourth-order valence-corrected chi connectivity index (χ4v) is 4.01. The molecule has 8 nitrogen and oxygen atoms in total. The van der Waals surface area contributed by atoms with Gasteiger partial charge in [-0.2, -0.15) is 5.10 Å². The van der Waals surface area contributed by atoms with E-state index in [2.05, 4.69) is 5.32 Å². The summed E-state index contributed by atoms with van der Waals surface area (Å²) in [5.41, 5.74) is 4.90. The van der Waals surface area contributed by atoms with Crippen LogP contribution in [0.3, 0.4) is 0 Å². The first-order chi connectivity index (χ1) is 15.3. The van der Waals surface area contributed by atoms with Gasteiger partial charge in [-0.25, -0.2) is 4.68 Å². The predicted octanol–water partition coefficient (Wildman–Crippen LogP) is 2.74. The van der Waals surface area contributed by atoms with Gasteiger partial charge in [-0.05, 0) is 64.3 Å². The molecule has 0 aliphatic carbocycles. The molecule has 0 aliphatic rings. The standard InChI is InChI=1S/C24H30N4O4/c1-6-27-23-22(17(5)26-28(23)18-10-8-9-15(3)13-18)16(4)19(24(27)31)11-12-20(29)25-14-21(30)32-7-2/h8-10,13H,6-7,11-12,14H2,1-5H3,(H,25,29). The van der Waals surface area contributed by atoms with E-state index in [1.54, 1.807) is 11.5 Å². The Bertz CT molecular complexity index is 1220. The number of fused-ring (bicyclic) bond motifs is 1. The maximum atomic E-state index is 13.4. The zero-order valence-electron chi connectivity index (χ0n) is 19.3. The molecule has 3 aromatic rings. The zero-order valence-corrected chi connectivity index (χ0v) is 19.3. The van der Waals surface area contributed by atoms with Crippen LogP contribution in [-0.2, 0) is 27.3 Å². The maximum Gasteiger partial charge on any atom is 0.325 e. The molecule has 32 heavy (non-hydrogen) atoms. The molecule has 8 heteroatoms. The highest BCUT2D eigenvalue weighted by atomic mass is 16.5. The number of ether oxygens (including phenoxy) is 1. The van der Waals surface area contributed by atoms with Crippen molar-refractivity contribution in [2.75, 3.05) is 13.2 Å². The van der Waals surface area contributed by atoms with Crippen molar-refractivity contribution in [3.63, 3.8) is 0 Å². The summed E-state index contributed by atoms with van der Waals surface area (Å²) in [5, 5.41) is 8.21. The van der Waals surface area contributed by atoms with Gasteiger partial charge in [0, 0.05) is 23.9 Å². The highest BCUT2D eigenvalue weighted by Crippen LogP contribution is 2.26. The highest BCUT2D eigenvalue weighted by molar-refractivity contribution is 5.85. The Kier molecular flexibility index (Phi) is 7.12. The third-order valence-electron chi connectivity index (χ3n) is 5.52. The Morgan fingerprint density at radius 1 is 1.16 bits per heavy atom. The van der Waals surface area contributed by atoms with Crippen molar-refractivity contribution in [1.29, 1.82) is 0 Å². The Labute approximate surface area is 187 Å². The number of nitrogens with one attached hydrogen (secondary N) is 1. The maximum absolute atomic E-state index is 13.4. The lowest BCUT2D eigenvalue weighted by molar-refractivity contribution is -0.143. The van der Waals surface area contributed by atoms with E-state index in [1.165, 1.54) is 0 Å². The molecule has 1 aromatic carbocycles. The summed E-state index contributed by atoms with van der Waals surface area (Å²) in [6, 6.07) is 8.00. The second-order valence-electron chi connectivity index (χ2n) is 7.77. The molecule has 2 heterocycles. The number of hydrogen-bond acceptors (Lipinski definition) is 5. The summed E-state index contributed by atoms with van der Waals surface area (Å²) in [6.07, 6.45) is 0.389. The van der Waals surface area contributed by atoms with Crippen LogP contribution in [0.1, 0.15) is 42.7 Å². The number of aromatic nitrogens is 3. The number of aryl methyl sites for hydroxylation is 4. The average molecular weight is 439 g/mol. The molecular formula is C24H30N4O4. The van der Waals surface area contributed by atoms with Crippen LogP contribution >= 0.6 is 0 Å². The number of rotatable bonds is 8. The first-order valence-electron chi connectivity index (χ1n) is 10.9. The zero-order chi connectivity index (χ0) is 23.4. The topological polar surface area (TPSA) is 95.2 Å². The van der Waals surface area contributed by atoms with Crippen LogP contribution in [0.25, 0.3) is 16.7 Å². The predicted molar refractivity (Wildman–Crippen MR) is 123 cm³/mol. The lowest BCUT2D eigenvalue weighted by atomic mass is 10.0. The molecule has 0 bridgehead atoms. The van der Waals surface area contributed by atoms with Gasteiger partial charge >= 0.3 is 5.97 Å². The molecule has 3 rings (SSSR count). The summed E-state index contributed by atoms with van der Waals surface area (Å²) >= 11 is 0. The van der Waals surface area contributed by atoms with Crippen LogP contribution in [0.2, 0.25) is 0 Å². The fourth-order valence-electron chi connectivity index (χ4n) is 4.01. The molecule has 0 radical (unpaired) electrons. The van der Waals surface area contributed by atoms with Gasteiger partial charge in [0.25, 0.3) is 5.56 Å². The first kappa shape index (κ1) is 23.2. The molecule has 1 amide bonds. The molecule has 0 fully saturated rings. The van der Waals surface area contributed by atoms with E-state index in [9.17, 15) is 14.4 Å². The number of carbonyl (C=O) groups excluding carboxylic acids is 2. The van der Waals surface area contributed by atoms with Crippen molar-refractivity contribution in [2.24, 2.45) is 0 Å². The molecule has 0 atom stereocenters. The molecule has 0 spiro atoms. The van der Waals surface area contributed by atoms with Gasteiger partial charge in [0.15, 0.2) is 0 Å². The van der Waals surface area contributed by atoms with Crippen LogP contribution < -0.4 is 10.9 Å². The van der Waals surface area contributed by atoms with Crippen molar-refractivity contribution < 1.29 is 14.3 Å². The van der Waals surface area contributed by atoms with Gasteiger partial charge < -0.3 is 10.1 Å². The second kappa shape index (κ2) is 9.80. The molecule has 0 saturated heterocycles. The minimum Gasteiger partial charge on any atom is -0.465 e. The normalized spacial score (nSPS) is 11.0. The lowest BCUT2D eigenvalue weighted by Gasteiger charge is -2.14. The molecule has 0 aliphatic heterocycles. The summed E-state index contributed by atoms with van der Waals surface area (Å²) in [6.45, 7) is 10.1. The Balaban J connectivity index is 1.98. The van der Waals surface area contributed by atoms with Crippen LogP contribution in [0, 0.1) is 20.8 Å². The third kappa shape index (κ3) is 4.59. The van der Waals surface area contributed by atoms with E-state index in [1.807, 2.05) is 56.6 Å². The van der Waals surface area contributed by atoms with Crippen molar-refractivity contribution in [3.05, 3.63) is 57.0 Å². The van der Waals surface area contributed by atoms with Gasteiger partial charge in [-0.15, -0.1) is 0 Å². The van der Waals surface area contributed by atoms with Crippen molar-refractivity contribution in [1.82, 2.24) is 19.7 Å². The number of benzene rings is 1. The van der Waals surface area contributed by atoms with Crippen LogP contribution in [0.5, 0.6) is 0 Å².